The average Bonchev–Trinajstić information content (AvgIpc) is 2.48. The lowest BCUT2D eigenvalue weighted by Crippen LogP contribution is -1.95. The van der Waals surface area contributed by atoms with Crippen LogP contribution in [-0.2, 0) is 0 Å². The van der Waals surface area contributed by atoms with Gasteiger partial charge in [0, 0.05) is 12.3 Å². The Morgan fingerprint density at radius 2 is 2.46 bits per heavy atom. The van der Waals surface area contributed by atoms with Gasteiger partial charge >= 0.3 is 0 Å². The molecule has 0 aliphatic rings. The minimum absolute atomic E-state index is 0.498. The van der Waals surface area contributed by atoms with Gasteiger partial charge in [0.05, 0.1) is 18.3 Å². The number of hydrogen-bond acceptors (Lipinski definition) is 3. The van der Waals surface area contributed by atoms with Gasteiger partial charge in [-0.3, -0.25) is 4.40 Å². The van der Waals surface area contributed by atoms with Crippen LogP contribution in [0.1, 0.15) is 6.92 Å². The molecule has 0 bridgehead atoms. The summed E-state index contributed by atoms with van der Waals surface area (Å²) in [5.41, 5.74) is 6.56. The summed E-state index contributed by atoms with van der Waals surface area (Å²) >= 11 is 0. The number of rotatable bonds is 2. The number of hydrogen-bond donors (Lipinski definition) is 1. The first-order chi connectivity index (χ1) is 6.31. The number of fused-ring (bicyclic) bond motifs is 1. The first kappa shape index (κ1) is 7.91. The zero-order valence-corrected chi connectivity index (χ0v) is 7.40. The molecule has 2 aromatic rings. The third-order valence-corrected chi connectivity index (χ3v) is 1.84. The summed E-state index contributed by atoms with van der Waals surface area (Å²) < 4.78 is 7.15. The summed E-state index contributed by atoms with van der Waals surface area (Å²) in [5, 5.41) is 0. The molecule has 0 aliphatic heterocycles. The van der Waals surface area contributed by atoms with E-state index < -0.39 is 0 Å². The van der Waals surface area contributed by atoms with Crippen molar-refractivity contribution >= 4 is 11.5 Å². The van der Waals surface area contributed by atoms with Crippen molar-refractivity contribution in [2.24, 2.45) is 0 Å². The van der Waals surface area contributed by atoms with E-state index in [-0.39, 0.29) is 0 Å². The molecule has 0 unspecified atom stereocenters. The Kier molecular flexibility index (Phi) is 1.81. The molecule has 68 valence electrons. The fraction of sp³-hybridized carbons (Fsp3) is 0.222. The highest BCUT2D eigenvalue weighted by molar-refractivity contribution is 5.54. The van der Waals surface area contributed by atoms with E-state index in [9.17, 15) is 0 Å². The van der Waals surface area contributed by atoms with E-state index >= 15 is 0 Å². The predicted octanol–water partition coefficient (Wildman–Crippen LogP) is 1.32. The molecule has 2 aromatic heterocycles. The van der Waals surface area contributed by atoms with Crippen molar-refractivity contribution in [1.82, 2.24) is 9.38 Å². The van der Waals surface area contributed by atoms with E-state index in [1.165, 1.54) is 0 Å². The molecule has 2 rings (SSSR count). The van der Waals surface area contributed by atoms with Crippen LogP contribution in [0.25, 0.3) is 5.52 Å². The second-order valence-corrected chi connectivity index (χ2v) is 2.71. The van der Waals surface area contributed by atoms with Crippen LogP contribution in [0.3, 0.4) is 0 Å². The van der Waals surface area contributed by atoms with Gasteiger partial charge in [-0.05, 0) is 13.0 Å². The summed E-state index contributed by atoms with van der Waals surface area (Å²) in [6, 6.07) is 3.78. The predicted molar refractivity (Wildman–Crippen MR) is 50.8 cm³/mol. The molecule has 4 heteroatoms. The zero-order chi connectivity index (χ0) is 9.26. The molecule has 0 spiro atoms. The molecule has 2 heterocycles. The Labute approximate surface area is 76.0 Å². The maximum Gasteiger partial charge on any atom is 0.204 e. The summed E-state index contributed by atoms with van der Waals surface area (Å²) in [5.74, 6) is 1.34. The van der Waals surface area contributed by atoms with Crippen LogP contribution in [0.5, 0.6) is 5.75 Å². The minimum atomic E-state index is 0.498. The van der Waals surface area contributed by atoms with Crippen LogP contribution >= 0.6 is 0 Å². The van der Waals surface area contributed by atoms with E-state index in [2.05, 4.69) is 4.98 Å². The molecule has 0 fully saturated rings. The number of pyridine rings is 1. The Morgan fingerprint density at radius 1 is 1.62 bits per heavy atom. The molecular formula is C9H11N3O. The molecule has 0 atom stereocenters. The molecular weight excluding hydrogens is 166 g/mol. The molecule has 0 aliphatic carbocycles. The quantitative estimate of drug-likeness (QED) is 0.752. The van der Waals surface area contributed by atoms with Gasteiger partial charge in [-0.15, -0.1) is 0 Å². The highest BCUT2D eigenvalue weighted by Crippen LogP contribution is 2.16. The van der Waals surface area contributed by atoms with Gasteiger partial charge in [0.25, 0.3) is 0 Å². The third-order valence-electron chi connectivity index (χ3n) is 1.84. The van der Waals surface area contributed by atoms with Crippen LogP contribution in [0.4, 0.5) is 5.95 Å². The van der Waals surface area contributed by atoms with E-state index in [0.29, 0.717) is 12.6 Å². The van der Waals surface area contributed by atoms with Crippen LogP contribution in [0.2, 0.25) is 0 Å². The number of nitrogens with zero attached hydrogens (tertiary/aromatic N) is 2. The lowest BCUT2D eigenvalue weighted by atomic mass is 10.4. The minimum Gasteiger partial charge on any atom is -0.494 e. The van der Waals surface area contributed by atoms with Crippen LogP contribution < -0.4 is 10.5 Å². The highest BCUT2D eigenvalue weighted by atomic mass is 16.5. The van der Waals surface area contributed by atoms with Crippen molar-refractivity contribution in [2.75, 3.05) is 12.3 Å². The van der Waals surface area contributed by atoms with Gasteiger partial charge in [-0.25, -0.2) is 4.98 Å². The fourth-order valence-corrected chi connectivity index (χ4v) is 1.26. The maximum absolute atomic E-state index is 5.61. The van der Waals surface area contributed by atoms with Crippen LogP contribution in [0.15, 0.2) is 24.5 Å². The number of anilines is 1. The molecule has 0 amide bonds. The van der Waals surface area contributed by atoms with Crippen molar-refractivity contribution in [2.45, 2.75) is 6.92 Å². The lowest BCUT2D eigenvalue weighted by Gasteiger charge is -2.02. The smallest absolute Gasteiger partial charge is 0.204 e. The van der Waals surface area contributed by atoms with Gasteiger partial charge in [0.1, 0.15) is 5.75 Å². The van der Waals surface area contributed by atoms with Crippen LogP contribution in [0, 0.1) is 0 Å². The number of ether oxygens (including phenoxy) is 1. The van der Waals surface area contributed by atoms with Gasteiger partial charge < -0.3 is 10.5 Å². The summed E-state index contributed by atoms with van der Waals surface area (Å²) in [6.07, 6.45) is 3.57. The summed E-state index contributed by atoms with van der Waals surface area (Å²) in [6.45, 7) is 2.62. The average molecular weight is 177 g/mol. The monoisotopic (exact) mass is 177 g/mol. The molecule has 2 N–H and O–H groups in total. The van der Waals surface area contributed by atoms with Gasteiger partial charge in [-0.2, -0.15) is 0 Å². The fourth-order valence-electron chi connectivity index (χ4n) is 1.26. The molecule has 0 saturated heterocycles. The number of imidazole rings is 1. The van der Waals surface area contributed by atoms with E-state index in [0.717, 1.165) is 11.3 Å². The summed E-state index contributed by atoms with van der Waals surface area (Å²) in [7, 11) is 0. The first-order valence-corrected chi connectivity index (χ1v) is 4.16. The molecule has 0 aromatic carbocycles. The Bertz CT molecular complexity index is 422. The largest absolute Gasteiger partial charge is 0.494 e. The Balaban J connectivity index is 2.50. The SMILES string of the molecule is CCOc1ccn2c(N)ncc2c1. The Hall–Kier alpha value is -1.71. The van der Waals surface area contributed by atoms with Crippen molar-refractivity contribution < 1.29 is 4.74 Å². The Morgan fingerprint density at radius 3 is 3.23 bits per heavy atom. The van der Waals surface area contributed by atoms with Gasteiger partial charge in [0.15, 0.2) is 0 Å². The molecule has 0 saturated carbocycles. The number of aromatic nitrogens is 2. The second kappa shape index (κ2) is 2.97. The van der Waals surface area contributed by atoms with Gasteiger partial charge in [-0.1, -0.05) is 0 Å². The van der Waals surface area contributed by atoms with Crippen LogP contribution in [-0.4, -0.2) is 16.0 Å². The van der Waals surface area contributed by atoms with E-state index in [1.807, 2.05) is 29.7 Å². The van der Waals surface area contributed by atoms with Gasteiger partial charge in [0.2, 0.25) is 5.95 Å². The van der Waals surface area contributed by atoms with Crippen molar-refractivity contribution in [1.29, 1.82) is 0 Å². The maximum atomic E-state index is 5.61. The number of nitrogens with two attached hydrogens (primary N) is 1. The van der Waals surface area contributed by atoms with E-state index in [4.69, 9.17) is 10.5 Å². The van der Waals surface area contributed by atoms with Crippen molar-refractivity contribution in [3.05, 3.63) is 24.5 Å². The topological polar surface area (TPSA) is 52.5 Å². The first-order valence-electron chi connectivity index (χ1n) is 4.16. The summed E-state index contributed by atoms with van der Waals surface area (Å²) in [4.78, 5) is 3.98. The molecule has 0 radical (unpaired) electrons. The normalized spacial score (nSPS) is 10.5. The zero-order valence-electron chi connectivity index (χ0n) is 7.40. The number of nitrogen functional groups attached to an aromatic ring is 1. The van der Waals surface area contributed by atoms with Crippen molar-refractivity contribution in [3.63, 3.8) is 0 Å². The van der Waals surface area contributed by atoms with Crippen molar-refractivity contribution in [3.8, 4) is 5.75 Å². The second-order valence-electron chi connectivity index (χ2n) is 2.71. The van der Waals surface area contributed by atoms with E-state index in [1.54, 1.807) is 6.20 Å². The standard InChI is InChI=1S/C9H11N3O/c1-2-13-8-3-4-12-7(5-8)6-11-9(12)10/h3-6H,2H2,1H3,(H2,10,11). The third kappa shape index (κ3) is 1.30. The molecule has 13 heavy (non-hydrogen) atoms. The highest BCUT2D eigenvalue weighted by Gasteiger charge is 1.99. The molecule has 4 nitrogen and oxygen atoms in total. The lowest BCUT2D eigenvalue weighted by molar-refractivity contribution is 0.340.